The molecule has 2 amide bonds. The molecular weight excluding hydrogens is 456 g/mol. The normalized spacial score (nSPS) is 11.6. The van der Waals surface area contributed by atoms with Gasteiger partial charge in [-0.2, -0.15) is 0 Å². The predicted molar refractivity (Wildman–Crippen MR) is 141 cm³/mol. The van der Waals surface area contributed by atoms with Gasteiger partial charge in [0, 0.05) is 25.2 Å². The van der Waals surface area contributed by atoms with E-state index in [-0.39, 0.29) is 17.9 Å². The summed E-state index contributed by atoms with van der Waals surface area (Å²) in [7, 11) is 4.64. The van der Waals surface area contributed by atoms with Crippen LogP contribution in [0.2, 0.25) is 0 Å². The highest BCUT2D eigenvalue weighted by molar-refractivity contribution is 5.92. The molecule has 0 radical (unpaired) electrons. The van der Waals surface area contributed by atoms with Crippen molar-refractivity contribution < 1.29 is 23.8 Å². The zero-order chi connectivity index (χ0) is 26.1. The molecule has 0 aliphatic heterocycles. The molecule has 3 rings (SSSR count). The van der Waals surface area contributed by atoms with Crippen LogP contribution in [0.3, 0.4) is 0 Å². The number of ether oxygens (including phenoxy) is 3. The van der Waals surface area contributed by atoms with Gasteiger partial charge in [0.05, 0.1) is 27.4 Å². The average molecular weight is 489 g/mol. The number of carbonyl (C=O) groups is 2. The summed E-state index contributed by atoms with van der Waals surface area (Å²) in [5.41, 5.74) is 3.34. The minimum absolute atomic E-state index is 0.148. The van der Waals surface area contributed by atoms with Crippen LogP contribution in [0.25, 0.3) is 6.08 Å². The molecule has 0 saturated heterocycles. The highest BCUT2D eigenvalue weighted by atomic mass is 16.5. The van der Waals surface area contributed by atoms with Crippen molar-refractivity contribution >= 4 is 23.6 Å². The predicted octanol–water partition coefficient (Wildman–Crippen LogP) is 5.47. The molecule has 0 aliphatic carbocycles. The Hall–Kier alpha value is -4.26. The summed E-state index contributed by atoms with van der Waals surface area (Å²) in [5, 5.41) is 2.81. The lowest BCUT2D eigenvalue weighted by Gasteiger charge is -2.29. The molecule has 0 bridgehead atoms. The van der Waals surface area contributed by atoms with Crippen LogP contribution < -0.4 is 19.5 Å². The van der Waals surface area contributed by atoms with Crippen LogP contribution in [0.15, 0.2) is 72.8 Å². The van der Waals surface area contributed by atoms with Crippen LogP contribution in [0, 0.1) is 0 Å². The molecule has 3 aromatic rings. The zero-order valence-corrected chi connectivity index (χ0v) is 21.3. The maximum atomic E-state index is 13.5. The Balaban J connectivity index is 1.93. The number of nitrogens with zero attached hydrogens (tertiary/aromatic N) is 1. The molecule has 0 heterocycles. The van der Waals surface area contributed by atoms with Gasteiger partial charge in [0.1, 0.15) is 0 Å². The second-order valence-electron chi connectivity index (χ2n) is 8.23. The van der Waals surface area contributed by atoms with Gasteiger partial charge in [0.25, 0.3) is 0 Å². The molecule has 1 unspecified atom stereocenters. The van der Waals surface area contributed by atoms with Crippen molar-refractivity contribution in [2.75, 3.05) is 26.6 Å². The molecule has 0 fully saturated rings. The number of nitrogens with one attached hydrogen (secondary N) is 1. The van der Waals surface area contributed by atoms with Crippen molar-refractivity contribution in [3.8, 4) is 17.2 Å². The van der Waals surface area contributed by atoms with Gasteiger partial charge in [0.15, 0.2) is 11.5 Å². The number of benzene rings is 3. The molecule has 0 spiro atoms. The highest BCUT2D eigenvalue weighted by Gasteiger charge is 2.21. The van der Waals surface area contributed by atoms with E-state index in [4.69, 9.17) is 14.2 Å². The fraction of sp³-hybridized carbons (Fsp3) is 0.241. The summed E-state index contributed by atoms with van der Waals surface area (Å²) in [6.07, 6.45) is 3.27. The van der Waals surface area contributed by atoms with Crippen molar-refractivity contribution in [2.45, 2.75) is 26.4 Å². The summed E-state index contributed by atoms with van der Waals surface area (Å²) >= 11 is 0. The number of rotatable bonds is 10. The van der Waals surface area contributed by atoms with Gasteiger partial charge in [-0.15, -0.1) is 0 Å². The fourth-order valence-corrected chi connectivity index (χ4v) is 3.91. The van der Waals surface area contributed by atoms with Crippen molar-refractivity contribution in [1.82, 2.24) is 4.90 Å². The SMILES string of the molecule is COc1cc(C=CC(=O)N(Cc2ccccc2)C(C)c2cccc(NC(C)=O)c2)cc(OC)c1OC. The van der Waals surface area contributed by atoms with E-state index in [0.29, 0.717) is 29.5 Å². The van der Waals surface area contributed by atoms with Gasteiger partial charge in [-0.05, 0) is 54.0 Å². The van der Waals surface area contributed by atoms with E-state index >= 15 is 0 Å². The molecule has 7 heteroatoms. The molecule has 7 nitrogen and oxygen atoms in total. The first-order chi connectivity index (χ1) is 17.4. The van der Waals surface area contributed by atoms with Crippen LogP contribution in [0.5, 0.6) is 17.2 Å². The highest BCUT2D eigenvalue weighted by Crippen LogP contribution is 2.38. The van der Waals surface area contributed by atoms with Crippen LogP contribution in [-0.2, 0) is 16.1 Å². The number of hydrogen-bond acceptors (Lipinski definition) is 5. The van der Waals surface area contributed by atoms with Gasteiger partial charge in [0.2, 0.25) is 17.6 Å². The molecule has 0 saturated carbocycles. The Bertz CT molecular complexity index is 1200. The molecule has 188 valence electrons. The number of hydrogen-bond donors (Lipinski definition) is 1. The average Bonchev–Trinajstić information content (AvgIpc) is 2.89. The summed E-state index contributed by atoms with van der Waals surface area (Å²) in [6.45, 7) is 3.86. The molecule has 3 aromatic carbocycles. The Morgan fingerprint density at radius 2 is 1.58 bits per heavy atom. The van der Waals surface area contributed by atoms with Gasteiger partial charge in [-0.25, -0.2) is 0 Å². The first kappa shape index (κ1) is 26.3. The molecule has 1 N–H and O–H groups in total. The number of anilines is 1. The molecule has 36 heavy (non-hydrogen) atoms. The number of carbonyl (C=O) groups excluding carboxylic acids is 2. The van der Waals surface area contributed by atoms with E-state index in [9.17, 15) is 9.59 Å². The summed E-state index contributed by atoms with van der Waals surface area (Å²) < 4.78 is 16.2. The summed E-state index contributed by atoms with van der Waals surface area (Å²) in [6, 6.07) is 20.7. The summed E-state index contributed by atoms with van der Waals surface area (Å²) in [4.78, 5) is 26.8. The van der Waals surface area contributed by atoms with Crippen molar-refractivity contribution in [2.24, 2.45) is 0 Å². The number of methoxy groups -OCH3 is 3. The molecular formula is C29H32N2O5. The van der Waals surface area contributed by atoms with Crippen LogP contribution in [-0.4, -0.2) is 38.0 Å². The molecule has 0 aliphatic rings. The van der Waals surface area contributed by atoms with E-state index in [1.807, 2.05) is 61.5 Å². The third-order valence-corrected chi connectivity index (χ3v) is 5.74. The number of amides is 2. The maximum absolute atomic E-state index is 13.5. The Morgan fingerprint density at radius 3 is 2.17 bits per heavy atom. The minimum atomic E-state index is -0.254. The Kier molecular flexibility index (Phi) is 9.11. The first-order valence-corrected chi connectivity index (χ1v) is 11.6. The minimum Gasteiger partial charge on any atom is -0.493 e. The van der Waals surface area contributed by atoms with E-state index in [0.717, 1.165) is 16.7 Å². The lowest BCUT2D eigenvalue weighted by molar-refractivity contribution is -0.128. The van der Waals surface area contributed by atoms with Crippen LogP contribution >= 0.6 is 0 Å². The van der Waals surface area contributed by atoms with Crippen molar-refractivity contribution in [3.05, 3.63) is 89.5 Å². The van der Waals surface area contributed by atoms with Crippen LogP contribution in [0.4, 0.5) is 5.69 Å². The first-order valence-electron chi connectivity index (χ1n) is 11.6. The third kappa shape index (κ3) is 6.66. The third-order valence-electron chi connectivity index (χ3n) is 5.74. The van der Waals surface area contributed by atoms with E-state index in [1.54, 1.807) is 44.4 Å². The molecule has 1 atom stereocenters. The second-order valence-corrected chi connectivity index (χ2v) is 8.23. The van der Waals surface area contributed by atoms with Gasteiger partial charge >= 0.3 is 0 Å². The fourth-order valence-electron chi connectivity index (χ4n) is 3.91. The molecule has 0 aromatic heterocycles. The Morgan fingerprint density at radius 1 is 0.917 bits per heavy atom. The maximum Gasteiger partial charge on any atom is 0.247 e. The smallest absolute Gasteiger partial charge is 0.247 e. The summed E-state index contributed by atoms with van der Waals surface area (Å²) in [5.74, 6) is 1.19. The Labute approximate surface area is 212 Å². The van der Waals surface area contributed by atoms with Crippen molar-refractivity contribution in [3.63, 3.8) is 0 Å². The lowest BCUT2D eigenvalue weighted by atomic mass is 10.0. The monoisotopic (exact) mass is 488 g/mol. The van der Waals surface area contributed by atoms with E-state index in [2.05, 4.69) is 5.32 Å². The van der Waals surface area contributed by atoms with Gasteiger partial charge in [-0.3, -0.25) is 9.59 Å². The van der Waals surface area contributed by atoms with E-state index in [1.165, 1.54) is 13.0 Å². The van der Waals surface area contributed by atoms with Crippen LogP contribution in [0.1, 0.15) is 36.6 Å². The largest absolute Gasteiger partial charge is 0.493 e. The van der Waals surface area contributed by atoms with E-state index < -0.39 is 0 Å². The van der Waals surface area contributed by atoms with Crippen molar-refractivity contribution in [1.29, 1.82) is 0 Å². The quantitative estimate of drug-likeness (QED) is 0.383. The van der Waals surface area contributed by atoms with Gasteiger partial charge in [-0.1, -0.05) is 42.5 Å². The zero-order valence-electron chi connectivity index (χ0n) is 21.3. The standard InChI is InChI=1S/C29H32N2O5/c1-20(24-12-9-13-25(18-24)30-21(2)32)31(19-22-10-7-6-8-11-22)28(33)15-14-23-16-26(34-3)29(36-5)27(17-23)35-4/h6-18,20H,19H2,1-5H3,(H,30,32). The second kappa shape index (κ2) is 12.4. The van der Waals surface area contributed by atoms with Gasteiger partial charge < -0.3 is 24.4 Å². The lowest BCUT2D eigenvalue weighted by Crippen LogP contribution is -2.31. The topological polar surface area (TPSA) is 77.1 Å².